The second-order valence-corrected chi connectivity index (χ2v) is 8.09. The number of aromatic nitrogens is 1. The Balaban J connectivity index is 1.54. The third-order valence-corrected chi connectivity index (χ3v) is 5.20. The molecular formula is C23H26N2O2S. The van der Waals surface area contributed by atoms with Gasteiger partial charge in [-0.05, 0) is 42.0 Å². The van der Waals surface area contributed by atoms with E-state index in [-0.39, 0.29) is 5.91 Å². The van der Waals surface area contributed by atoms with Crippen LogP contribution in [0.1, 0.15) is 31.4 Å². The predicted octanol–water partition coefficient (Wildman–Crippen LogP) is 5.59. The van der Waals surface area contributed by atoms with Crippen LogP contribution in [0.2, 0.25) is 0 Å². The number of carbonyl (C=O) groups excluding carboxylic acids is 1. The minimum absolute atomic E-state index is 0.0241. The van der Waals surface area contributed by atoms with Gasteiger partial charge in [0.05, 0.1) is 12.8 Å². The van der Waals surface area contributed by atoms with Gasteiger partial charge in [-0.1, -0.05) is 50.2 Å². The Morgan fingerprint density at radius 3 is 2.39 bits per heavy atom. The van der Waals surface area contributed by atoms with Gasteiger partial charge in [0.15, 0.2) is 5.13 Å². The monoisotopic (exact) mass is 394 g/mol. The smallest absolute Gasteiger partial charge is 0.226 e. The van der Waals surface area contributed by atoms with E-state index in [1.165, 1.54) is 16.9 Å². The van der Waals surface area contributed by atoms with Crippen LogP contribution in [0.3, 0.4) is 0 Å². The van der Waals surface area contributed by atoms with Crippen molar-refractivity contribution in [2.24, 2.45) is 5.92 Å². The zero-order chi connectivity index (χ0) is 19.9. The summed E-state index contributed by atoms with van der Waals surface area (Å²) in [4.78, 5) is 16.8. The van der Waals surface area contributed by atoms with E-state index >= 15 is 0 Å². The highest BCUT2D eigenvalue weighted by Crippen LogP contribution is 2.26. The molecular weight excluding hydrogens is 368 g/mol. The number of ether oxygens (including phenoxy) is 1. The summed E-state index contributed by atoms with van der Waals surface area (Å²) in [6, 6.07) is 16.3. The molecule has 3 rings (SSSR count). The molecule has 1 N–H and O–H groups in total. The van der Waals surface area contributed by atoms with Crippen LogP contribution in [0.5, 0.6) is 5.75 Å². The fraction of sp³-hybridized carbons (Fsp3) is 0.304. The number of amides is 1. The summed E-state index contributed by atoms with van der Waals surface area (Å²) in [6.45, 7) is 4.44. The molecule has 0 aliphatic heterocycles. The Morgan fingerprint density at radius 1 is 1.07 bits per heavy atom. The van der Waals surface area contributed by atoms with E-state index in [2.05, 4.69) is 48.4 Å². The molecule has 146 valence electrons. The minimum atomic E-state index is -0.0241. The van der Waals surface area contributed by atoms with Crippen molar-refractivity contribution in [3.63, 3.8) is 0 Å². The molecule has 5 heteroatoms. The van der Waals surface area contributed by atoms with Crippen molar-refractivity contribution >= 4 is 22.4 Å². The van der Waals surface area contributed by atoms with E-state index in [0.717, 1.165) is 29.0 Å². The lowest BCUT2D eigenvalue weighted by Gasteiger charge is -2.05. The molecule has 0 fully saturated rings. The number of nitrogens with one attached hydrogen (secondary N) is 1. The lowest BCUT2D eigenvalue weighted by molar-refractivity contribution is -0.116. The maximum atomic E-state index is 12.2. The van der Waals surface area contributed by atoms with E-state index in [0.29, 0.717) is 23.9 Å². The fourth-order valence-corrected chi connectivity index (χ4v) is 3.71. The van der Waals surface area contributed by atoms with Crippen LogP contribution in [0.15, 0.2) is 53.9 Å². The average molecular weight is 395 g/mol. The van der Waals surface area contributed by atoms with Crippen molar-refractivity contribution in [3.8, 4) is 17.0 Å². The number of benzene rings is 2. The first-order chi connectivity index (χ1) is 13.5. The molecule has 0 saturated heterocycles. The number of nitrogens with zero attached hydrogens (tertiary/aromatic N) is 1. The third kappa shape index (κ3) is 5.67. The molecule has 0 bridgehead atoms. The lowest BCUT2D eigenvalue weighted by atomic mass is 10.0. The summed E-state index contributed by atoms with van der Waals surface area (Å²) in [7, 11) is 1.64. The first-order valence-electron chi connectivity index (χ1n) is 9.51. The highest BCUT2D eigenvalue weighted by Gasteiger charge is 2.09. The quantitative estimate of drug-likeness (QED) is 0.542. The summed E-state index contributed by atoms with van der Waals surface area (Å²) >= 11 is 1.45. The van der Waals surface area contributed by atoms with E-state index in [1.54, 1.807) is 7.11 Å². The van der Waals surface area contributed by atoms with Gasteiger partial charge in [-0.25, -0.2) is 4.98 Å². The number of anilines is 1. The molecule has 0 aliphatic rings. The van der Waals surface area contributed by atoms with Gasteiger partial charge >= 0.3 is 0 Å². The topological polar surface area (TPSA) is 51.2 Å². The molecule has 1 heterocycles. The van der Waals surface area contributed by atoms with Gasteiger partial charge in [0, 0.05) is 17.4 Å². The van der Waals surface area contributed by atoms with E-state index in [9.17, 15) is 4.79 Å². The first kappa shape index (κ1) is 20.1. The van der Waals surface area contributed by atoms with E-state index in [4.69, 9.17) is 4.74 Å². The summed E-state index contributed by atoms with van der Waals surface area (Å²) in [5.41, 5.74) is 4.41. The van der Waals surface area contributed by atoms with Crippen molar-refractivity contribution in [3.05, 3.63) is 65.0 Å². The van der Waals surface area contributed by atoms with Crippen LogP contribution in [-0.2, 0) is 17.6 Å². The number of carbonyl (C=O) groups is 1. The largest absolute Gasteiger partial charge is 0.497 e. The van der Waals surface area contributed by atoms with Crippen LogP contribution in [-0.4, -0.2) is 18.0 Å². The normalized spacial score (nSPS) is 10.9. The van der Waals surface area contributed by atoms with Crippen LogP contribution in [0.4, 0.5) is 5.13 Å². The lowest BCUT2D eigenvalue weighted by Crippen LogP contribution is -2.12. The Labute approximate surface area is 170 Å². The van der Waals surface area contributed by atoms with Gasteiger partial charge < -0.3 is 10.1 Å². The van der Waals surface area contributed by atoms with Gasteiger partial charge in [-0.15, -0.1) is 11.3 Å². The summed E-state index contributed by atoms with van der Waals surface area (Å²) in [5.74, 6) is 1.44. The van der Waals surface area contributed by atoms with E-state index in [1.807, 2.05) is 29.6 Å². The van der Waals surface area contributed by atoms with Crippen molar-refractivity contribution in [1.82, 2.24) is 4.98 Å². The van der Waals surface area contributed by atoms with Gasteiger partial charge in [0.2, 0.25) is 5.91 Å². The van der Waals surface area contributed by atoms with Crippen LogP contribution in [0.25, 0.3) is 11.3 Å². The number of rotatable bonds is 8. The molecule has 0 saturated carbocycles. The van der Waals surface area contributed by atoms with E-state index < -0.39 is 0 Å². The summed E-state index contributed by atoms with van der Waals surface area (Å²) < 4.78 is 5.15. The highest BCUT2D eigenvalue weighted by atomic mass is 32.1. The predicted molar refractivity (Wildman–Crippen MR) is 116 cm³/mol. The van der Waals surface area contributed by atoms with Crippen molar-refractivity contribution < 1.29 is 9.53 Å². The molecule has 0 unspecified atom stereocenters. The molecule has 4 nitrogen and oxygen atoms in total. The maximum absolute atomic E-state index is 12.2. The standard InChI is InChI=1S/C23H26N2O2S/c1-16(2)14-18-4-9-19(10-5-18)21-15-28-23(24-21)25-22(26)13-8-17-6-11-20(27-3)12-7-17/h4-7,9-12,15-16H,8,13-14H2,1-3H3,(H,24,25,26). The van der Waals surface area contributed by atoms with Gasteiger partial charge in [-0.2, -0.15) is 0 Å². The number of methoxy groups -OCH3 is 1. The van der Waals surface area contributed by atoms with Crippen molar-refractivity contribution in [1.29, 1.82) is 0 Å². The number of hydrogen-bond acceptors (Lipinski definition) is 4. The molecule has 1 aromatic heterocycles. The van der Waals surface area contributed by atoms with Gasteiger partial charge in [-0.3, -0.25) is 4.79 Å². The molecule has 1 amide bonds. The molecule has 0 radical (unpaired) electrons. The Hall–Kier alpha value is -2.66. The van der Waals surface area contributed by atoms with Crippen LogP contribution in [0, 0.1) is 5.92 Å². The fourth-order valence-electron chi connectivity index (χ4n) is 2.98. The minimum Gasteiger partial charge on any atom is -0.497 e. The van der Waals surface area contributed by atoms with Crippen LogP contribution < -0.4 is 10.1 Å². The molecule has 3 aromatic rings. The summed E-state index contributed by atoms with van der Waals surface area (Å²) in [5, 5.41) is 5.53. The van der Waals surface area contributed by atoms with Gasteiger partial charge in [0.25, 0.3) is 0 Å². The Kier molecular flexibility index (Phi) is 6.82. The van der Waals surface area contributed by atoms with Gasteiger partial charge in [0.1, 0.15) is 5.75 Å². The maximum Gasteiger partial charge on any atom is 0.226 e. The number of hydrogen-bond donors (Lipinski definition) is 1. The first-order valence-corrected chi connectivity index (χ1v) is 10.4. The molecule has 0 atom stereocenters. The zero-order valence-electron chi connectivity index (χ0n) is 16.6. The SMILES string of the molecule is COc1ccc(CCC(=O)Nc2nc(-c3ccc(CC(C)C)cc3)cs2)cc1. The third-order valence-electron chi connectivity index (χ3n) is 4.44. The molecule has 2 aromatic carbocycles. The number of thiazole rings is 1. The average Bonchev–Trinajstić information content (AvgIpc) is 3.15. The number of aryl methyl sites for hydroxylation is 1. The second kappa shape index (κ2) is 9.51. The molecule has 0 aliphatic carbocycles. The summed E-state index contributed by atoms with van der Waals surface area (Å²) in [6.07, 6.45) is 2.18. The molecule has 28 heavy (non-hydrogen) atoms. The Morgan fingerprint density at radius 2 is 1.75 bits per heavy atom. The van der Waals surface area contributed by atoms with Crippen molar-refractivity contribution in [2.45, 2.75) is 33.1 Å². The van der Waals surface area contributed by atoms with Crippen molar-refractivity contribution in [2.75, 3.05) is 12.4 Å². The molecule has 0 spiro atoms. The van der Waals surface area contributed by atoms with Crippen LogP contribution >= 0.6 is 11.3 Å². The zero-order valence-corrected chi connectivity index (χ0v) is 17.4. The second-order valence-electron chi connectivity index (χ2n) is 7.23. The highest BCUT2D eigenvalue weighted by molar-refractivity contribution is 7.14. The Bertz CT molecular complexity index is 899.